The van der Waals surface area contributed by atoms with Gasteiger partial charge in [-0.3, -0.25) is 14.4 Å². The van der Waals surface area contributed by atoms with E-state index in [0.717, 1.165) is 17.2 Å². The minimum atomic E-state index is -3.91. The second kappa shape index (κ2) is 6.60. The van der Waals surface area contributed by atoms with Crippen LogP contribution < -0.4 is 4.31 Å². The Morgan fingerprint density at radius 3 is 2.12 bits per heavy atom. The third-order valence-corrected chi connectivity index (χ3v) is 5.94. The van der Waals surface area contributed by atoms with Crippen molar-refractivity contribution < 1.29 is 13.3 Å². The summed E-state index contributed by atoms with van der Waals surface area (Å²) >= 11 is 0. The van der Waals surface area contributed by atoms with E-state index in [1.54, 1.807) is 13.8 Å². The number of anilines is 1. The van der Waals surface area contributed by atoms with Gasteiger partial charge in [0.15, 0.2) is 0 Å². The third-order valence-electron chi connectivity index (χ3n) is 3.93. The predicted molar refractivity (Wildman–Crippen MR) is 94.0 cm³/mol. The van der Waals surface area contributed by atoms with Gasteiger partial charge in [-0.05, 0) is 44.4 Å². The largest absolute Gasteiger partial charge is 0.270 e. The number of hydrogen-bond donors (Lipinski definition) is 0. The molecule has 2 rings (SSSR count). The van der Waals surface area contributed by atoms with E-state index in [1.165, 1.54) is 16.4 Å². The fourth-order valence-electron chi connectivity index (χ4n) is 2.75. The molecule has 0 bridgehead atoms. The van der Waals surface area contributed by atoms with Crippen LogP contribution in [0.4, 0.5) is 11.4 Å². The number of nitro benzene ring substituents is 1. The molecule has 0 radical (unpaired) electrons. The van der Waals surface area contributed by atoms with E-state index in [2.05, 4.69) is 0 Å². The lowest BCUT2D eigenvalue weighted by Crippen LogP contribution is -2.32. The number of benzene rings is 2. The molecule has 128 valence electrons. The number of hydrogen-bond acceptors (Lipinski definition) is 4. The van der Waals surface area contributed by atoms with Gasteiger partial charge in [-0.25, -0.2) is 8.42 Å². The maximum atomic E-state index is 13.2. The smallest absolute Gasteiger partial charge is 0.266 e. The molecule has 0 spiro atoms. The molecule has 0 aliphatic rings. The van der Waals surface area contributed by atoms with Crippen LogP contribution in [0.1, 0.15) is 23.6 Å². The molecule has 6 nitrogen and oxygen atoms in total. The molecule has 24 heavy (non-hydrogen) atoms. The Morgan fingerprint density at radius 1 is 1.04 bits per heavy atom. The average Bonchev–Trinajstić information content (AvgIpc) is 2.50. The summed E-state index contributed by atoms with van der Waals surface area (Å²) in [6.45, 7) is 7.31. The average molecular weight is 348 g/mol. The van der Waals surface area contributed by atoms with Crippen molar-refractivity contribution in [2.75, 3.05) is 10.8 Å². The molecule has 0 aliphatic carbocycles. The molecular formula is C17H20N2O4S. The molecule has 0 heterocycles. The van der Waals surface area contributed by atoms with Gasteiger partial charge in [-0.15, -0.1) is 0 Å². The van der Waals surface area contributed by atoms with Crippen LogP contribution in [0.15, 0.2) is 41.3 Å². The van der Waals surface area contributed by atoms with Gasteiger partial charge in [0, 0.05) is 18.7 Å². The molecule has 0 amide bonds. The summed E-state index contributed by atoms with van der Waals surface area (Å²) in [5, 5.41) is 11.0. The Kier molecular flexibility index (Phi) is 4.94. The minimum absolute atomic E-state index is 0.0406. The second-order valence-corrected chi connectivity index (χ2v) is 7.45. The highest BCUT2D eigenvalue weighted by Crippen LogP contribution is 2.32. The van der Waals surface area contributed by atoms with Crippen LogP contribution >= 0.6 is 0 Å². The van der Waals surface area contributed by atoms with Gasteiger partial charge < -0.3 is 0 Å². The molecule has 0 unspecified atom stereocenters. The first-order valence-corrected chi connectivity index (χ1v) is 8.98. The summed E-state index contributed by atoms with van der Waals surface area (Å²) in [7, 11) is -3.91. The van der Waals surface area contributed by atoms with Gasteiger partial charge in [0.25, 0.3) is 15.7 Å². The van der Waals surface area contributed by atoms with E-state index in [9.17, 15) is 18.5 Å². The van der Waals surface area contributed by atoms with Crippen molar-refractivity contribution in [1.29, 1.82) is 0 Å². The fraction of sp³-hybridized carbons (Fsp3) is 0.294. The van der Waals surface area contributed by atoms with Crippen LogP contribution in [0.25, 0.3) is 0 Å². The number of nitrogens with zero attached hydrogens (tertiary/aromatic N) is 2. The van der Waals surface area contributed by atoms with E-state index < -0.39 is 14.9 Å². The third kappa shape index (κ3) is 3.12. The quantitative estimate of drug-likeness (QED) is 0.609. The molecule has 2 aromatic rings. The number of sulfonamides is 1. The maximum absolute atomic E-state index is 13.2. The van der Waals surface area contributed by atoms with Gasteiger partial charge in [0.1, 0.15) is 0 Å². The van der Waals surface area contributed by atoms with Gasteiger partial charge in [0.05, 0.1) is 15.5 Å². The zero-order chi connectivity index (χ0) is 18.1. The fourth-order valence-corrected chi connectivity index (χ4v) is 4.60. The Labute approximate surface area is 141 Å². The number of rotatable bonds is 5. The lowest BCUT2D eigenvalue weighted by atomic mass is 10.1. The summed E-state index contributed by atoms with van der Waals surface area (Å²) in [5.74, 6) is 0. The van der Waals surface area contributed by atoms with E-state index in [0.29, 0.717) is 11.3 Å². The standard InChI is InChI=1S/C17H20N2O4S/c1-5-18(17-13(3)7-6-8-14(17)4)24(22,23)16-11-15(19(20)21)10-9-12(16)2/h6-11H,5H2,1-4H3. The first kappa shape index (κ1) is 17.9. The summed E-state index contributed by atoms with van der Waals surface area (Å²) in [4.78, 5) is 10.4. The summed E-state index contributed by atoms with van der Waals surface area (Å²) in [6, 6.07) is 9.46. The second-order valence-electron chi connectivity index (χ2n) is 5.62. The van der Waals surface area contributed by atoms with Crippen LogP contribution in [0, 0.1) is 30.9 Å². The topological polar surface area (TPSA) is 80.5 Å². The van der Waals surface area contributed by atoms with E-state index in [1.807, 2.05) is 32.0 Å². The summed E-state index contributed by atoms with van der Waals surface area (Å²) in [6.07, 6.45) is 0. The van der Waals surface area contributed by atoms with Gasteiger partial charge >= 0.3 is 0 Å². The first-order valence-electron chi connectivity index (χ1n) is 7.54. The van der Waals surface area contributed by atoms with Crippen molar-refractivity contribution in [3.05, 3.63) is 63.2 Å². The SMILES string of the molecule is CCN(c1c(C)cccc1C)S(=O)(=O)c1cc([N+](=O)[O-])ccc1C. The minimum Gasteiger partial charge on any atom is -0.266 e. The normalized spacial score (nSPS) is 11.3. The van der Waals surface area contributed by atoms with Gasteiger partial charge in [0.2, 0.25) is 0 Å². The van der Waals surface area contributed by atoms with Crippen LogP contribution in [0.3, 0.4) is 0 Å². The molecule has 0 aliphatic heterocycles. The highest BCUT2D eigenvalue weighted by atomic mass is 32.2. The number of para-hydroxylation sites is 1. The van der Waals surface area contributed by atoms with E-state index >= 15 is 0 Å². The summed E-state index contributed by atoms with van der Waals surface area (Å²) in [5.41, 5.74) is 2.53. The maximum Gasteiger partial charge on any atom is 0.270 e. The van der Waals surface area contributed by atoms with Crippen molar-refractivity contribution in [1.82, 2.24) is 0 Å². The van der Waals surface area contributed by atoms with Crippen LogP contribution in [-0.4, -0.2) is 19.9 Å². The Morgan fingerprint density at radius 2 is 1.62 bits per heavy atom. The first-order chi connectivity index (χ1) is 11.2. The lowest BCUT2D eigenvalue weighted by molar-refractivity contribution is -0.385. The van der Waals surface area contributed by atoms with Crippen LogP contribution in [0.2, 0.25) is 0 Å². The van der Waals surface area contributed by atoms with Crippen LogP contribution in [0.5, 0.6) is 0 Å². The molecule has 0 saturated heterocycles. The molecule has 2 aromatic carbocycles. The van der Waals surface area contributed by atoms with Crippen molar-refractivity contribution in [2.45, 2.75) is 32.6 Å². The summed E-state index contributed by atoms with van der Waals surface area (Å²) < 4.78 is 27.6. The van der Waals surface area contributed by atoms with Crippen LogP contribution in [-0.2, 0) is 10.0 Å². The highest BCUT2D eigenvalue weighted by Gasteiger charge is 2.29. The zero-order valence-corrected chi connectivity index (χ0v) is 14.9. The van der Waals surface area contributed by atoms with Crippen molar-refractivity contribution in [3.63, 3.8) is 0 Å². The molecular weight excluding hydrogens is 328 g/mol. The molecule has 0 N–H and O–H groups in total. The van der Waals surface area contributed by atoms with Gasteiger partial charge in [-0.2, -0.15) is 0 Å². The van der Waals surface area contributed by atoms with E-state index in [4.69, 9.17) is 0 Å². The number of nitro groups is 1. The molecule has 0 saturated carbocycles. The van der Waals surface area contributed by atoms with E-state index in [-0.39, 0.29) is 17.1 Å². The highest BCUT2D eigenvalue weighted by molar-refractivity contribution is 7.92. The number of aryl methyl sites for hydroxylation is 3. The molecule has 7 heteroatoms. The Bertz CT molecular complexity index is 871. The molecule has 0 aromatic heterocycles. The van der Waals surface area contributed by atoms with Crippen molar-refractivity contribution >= 4 is 21.4 Å². The Hall–Kier alpha value is -2.41. The van der Waals surface area contributed by atoms with Crippen molar-refractivity contribution in [2.24, 2.45) is 0 Å². The van der Waals surface area contributed by atoms with Gasteiger partial charge in [-0.1, -0.05) is 24.3 Å². The monoisotopic (exact) mass is 348 g/mol. The lowest BCUT2D eigenvalue weighted by Gasteiger charge is -2.27. The van der Waals surface area contributed by atoms with Crippen molar-refractivity contribution in [3.8, 4) is 0 Å². The predicted octanol–water partition coefficient (Wildman–Crippen LogP) is 3.74. The zero-order valence-electron chi connectivity index (χ0n) is 14.1. The molecule has 0 fully saturated rings. The Balaban J connectivity index is 2.68. The molecule has 0 atom stereocenters. The number of non-ortho nitro benzene ring substituents is 1.